The van der Waals surface area contributed by atoms with Gasteiger partial charge in [-0.15, -0.1) is 24.5 Å². The van der Waals surface area contributed by atoms with Gasteiger partial charge in [0.05, 0.1) is 0 Å². The molecule has 0 aromatic heterocycles. The quantitative estimate of drug-likeness (QED) is 0.492. The number of benzene rings is 1. The Balaban J connectivity index is 3.47. The molecular weight excluding hydrogens is 294 g/mol. The van der Waals surface area contributed by atoms with Crippen molar-refractivity contribution < 1.29 is 9.79 Å². The summed E-state index contributed by atoms with van der Waals surface area (Å²) in [7, 11) is 0. The highest BCUT2D eigenvalue weighted by molar-refractivity contribution is 8.66. The molecule has 0 fully saturated rings. The van der Waals surface area contributed by atoms with Gasteiger partial charge in [0.2, 0.25) is 0 Å². The van der Waals surface area contributed by atoms with Crippen LogP contribution in [0.1, 0.15) is 0 Å². The summed E-state index contributed by atoms with van der Waals surface area (Å²) in [6, 6.07) is 6.67. The number of thiol groups is 2. The molecule has 0 aliphatic heterocycles. The Bertz CT molecular complexity index is 394. The Kier molecular flexibility index (Phi) is 4.30. The molecule has 0 aliphatic rings. The summed E-state index contributed by atoms with van der Waals surface area (Å²) in [6.45, 7) is 0. The minimum atomic E-state index is -2.87. The molecule has 1 aromatic rings. The maximum atomic E-state index is 9.65. The molecule has 14 heavy (non-hydrogen) atoms. The number of hydrogen-bond acceptors (Lipinski definition) is 2. The van der Waals surface area contributed by atoms with Gasteiger partial charge in [0.15, 0.2) is 0 Å². The van der Waals surface area contributed by atoms with Crippen molar-refractivity contribution in [2.75, 3.05) is 0 Å². The molecule has 2 atom stereocenters. The van der Waals surface area contributed by atoms with Crippen LogP contribution < -0.4 is 10.6 Å². The lowest BCUT2D eigenvalue weighted by molar-refractivity contribution is 0.645. The van der Waals surface area contributed by atoms with Gasteiger partial charge in [0.25, 0.3) is 0 Å². The topological polar surface area (TPSA) is 40.5 Å². The minimum absolute atomic E-state index is 0.430. The molecule has 78 valence electrons. The first-order chi connectivity index (χ1) is 6.23. The molecule has 0 bridgehead atoms. The first kappa shape index (κ1) is 13.2. The van der Waals surface area contributed by atoms with Crippen LogP contribution >= 0.6 is 35.4 Å². The highest BCUT2D eigenvalue weighted by atomic mass is 32.9. The van der Waals surface area contributed by atoms with Gasteiger partial charge in [0.1, 0.15) is 10.9 Å². The average molecular weight is 302 g/mol. The van der Waals surface area contributed by atoms with Crippen LogP contribution in [0.4, 0.5) is 0 Å². The summed E-state index contributed by atoms with van der Waals surface area (Å²) in [5.74, 6) is 0. The molecule has 0 amide bonds. The first-order valence-corrected chi connectivity index (χ1v) is 11.3. The van der Waals surface area contributed by atoms with Crippen molar-refractivity contribution in [2.45, 2.75) is 0 Å². The Morgan fingerprint density at radius 1 is 0.929 bits per heavy atom. The molecule has 0 heterocycles. The monoisotopic (exact) mass is 302 g/mol. The summed E-state index contributed by atoms with van der Waals surface area (Å²) in [4.78, 5) is 19.3. The average Bonchev–Trinajstić information content (AvgIpc) is 2.01. The maximum Gasteiger partial charge on any atom is 0.143 e. The summed E-state index contributed by atoms with van der Waals surface area (Å²) < 4.78 is 0. The Hall–Kier alpha value is 1.14. The van der Waals surface area contributed by atoms with Gasteiger partial charge in [-0.25, -0.2) is 0 Å². The van der Waals surface area contributed by atoms with Gasteiger partial charge in [0, 0.05) is 10.6 Å². The molecule has 0 aliphatic carbocycles. The van der Waals surface area contributed by atoms with Crippen LogP contribution in [0.15, 0.2) is 24.3 Å². The van der Waals surface area contributed by atoms with Gasteiger partial charge in [-0.3, -0.25) is 0 Å². The van der Waals surface area contributed by atoms with Crippen LogP contribution in [0.25, 0.3) is 0 Å². The van der Waals surface area contributed by atoms with Crippen LogP contribution in [-0.4, -0.2) is 9.79 Å². The predicted octanol–water partition coefficient (Wildman–Crippen LogP) is 1.40. The van der Waals surface area contributed by atoms with Crippen LogP contribution in [0.2, 0.25) is 0 Å². The molecule has 0 saturated carbocycles. The largest absolute Gasteiger partial charge is 0.354 e. The lowest BCUT2D eigenvalue weighted by Crippen LogP contribution is -2.21. The van der Waals surface area contributed by atoms with E-state index < -0.39 is 10.9 Å². The Morgan fingerprint density at radius 3 is 1.43 bits per heavy atom. The summed E-state index contributed by atoms with van der Waals surface area (Å²) in [6.07, 6.45) is 0. The molecule has 8 heteroatoms. The first-order valence-electron chi connectivity index (χ1n) is 3.44. The van der Waals surface area contributed by atoms with Gasteiger partial charge in [-0.1, -0.05) is 35.7 Å². The van der Waals surface area contributed by atoms with E-state index in [1.807, 2.05) is 0 Å². The van der Waals surface area contributed by atoms with Crippen molar-refractivity contribution in [1.82, 2.24) is 0 Å². The second-order valence-corrected chi connectivity index (χ2v) is 14.0. The summed E-state index contributed by atoms with van der Waals surface area (Å²) >= 11 is 17.6. The Labute approximate surface area is 103 Å². The fourth-order valence-corrected chi connectivity index (χ4v) is 6.01. The van der Waals surface area contributed by atoms with Crippen molar-refractivity contribution in [2.24, 2.45) is 0 Å². The third-order valence-corrected chi connectivity index (χ3v) is 6.19. The second kappa shape index (κ2) is 4.56. The van der Waals surface area contributed by atoms with E-state index in [4.69, 9.17) is 23.6 Å². The third kappa shape index (κ3) is 3.32. The fourth-order valence-electron chi connectivity index (χ4n) is 0.957. The van der Waals surface area contributed by atoms with E-state index in [9.17, 15) is 9.79 Å². The van der Waals surface area contributed by atoms with Crippen LogP contribution in [0, 0.1) is 0 Å². The van der Waals surface area contributed by atoms with Crippen LogP contribution in [0.5, 0.6) is 0 Å². The zero-order valence-corrected chi connectivity index (χ0v) is 12.0. The second-order valence-electron chi connectivity index (χ2n) is 2.58. The van der Waals surface area contributed by atoms with E-state index in [0.29, 0.717) is 10.6 Å². The van der Waals surface area contributed by atoms with Gasteiger partial charge < -0.3 is 9.79 Å². The normalized spacial score (nSPS) is 19.7. The van der Waals surface area contributed by atoms with Crippen LogP contribution in [0.3, 0.4) is 0 Å². The molecule has 2 N–H and O–H groups in total. The smallest absolute Gasteiger partial charge is 0.143 e. The van der Waals surface area contributed by atoms with Crippen molar-refractivity contribution in [3.63, 3.8) is 0 Å². The minimum Gasteiger partial charge on any atom is -0.354 e. The zero-order valence-electron chi connectivity index (χ0n) is 6.81. The lowest BCUT2D eigenvalue weighted by Gasteiger charge is -2.17. The van der Waals surface area contributed by atoms with Gasteiger partial charge in [-0.05, 0) is 12.1 Å². The predicted molar refractivity (Wildman–Crippen MR) is 76.7 cm³/mol. The van der Waals surface area contributed by atoms with Crippen molar-refractivity contribution in [1.29, 1.82) is 0 Å². The highest BCUT2D eigenvalue weighted by Gasteiger charge is 2.21. The number of hydrogen-bond donors (Lipinski definition) is 4. The van der Waals surface area contributed by atoms with E-state index in [0.717, 1.165) is 0 Å². The SMILES string of the molecule is OP(=S)(S)c1ccccc1P(O)(=S)S. The van der Waals surface area contributed by atoms with E-state index in [-0.39, 0.29) is 0 Å². The highest BCUT2D eigenvalue weighted by Crippen LogP contribution is 2.50. The van der Waals surface area contributed by atoms with E-state index >= 15 is 0 Å². The molecule has 2 nitrogen and oxygen atoms in total. The van der Waals surface area contributed by atoms with Crippen molar-refractivity contribution in [3.8, 4) is 0 Å². The van der Waals surface area contributed by atoms with Crippen molar-refractivity contribution >= 4 is 69.7 Å². The van der Waals surface area contributed by atoms with E-state index in [1.165, 1.54) is 0 Å². The lowest BCUT2D eigenvalue weighted by atomic mass is 10.4. The zero-order chi connectivity index (χ0) is 11.0. The molecule has 1 rings (SSSR count). The summed E-state index contributed by atoms with van der Waals surface area (Å²) in [5.41, 5.74) is -5.74. The third-order valence-electron chi connectivity index (χ3n) is 1.51. The van der Waals surface area contributed by atoms with Gasteiger partial charge >= 0.3 is 0 Å². The number of rotatable bonds is 2. The van der Waals surface area contributed by atoms with E-state index in [2.05, 4.69) is 24.5 Å². The van der Waals surface area contributed by atoms with Gasteiger partial charge in [-0.2, -0.15) is 0 Å². The molecule has 0 radical (unpaired) electrons. The van der Waals surface area contributed by atoms with E-state index in [1.54, 1.807) is 24.3 Å². The standard InChI is InChI=1S/C6H8O2P2S4/c7-9(11,12)5-3-1-2-4-6(5)10(8,13)14/h1-4H,(H2,7,11,12)(H2,8,13,14). The molecule has 0 saturated heterocycles. The molecule has 2 unspecified atom stereocenters. The Morgan fingerprint density at radius 2 is 1.21 bits per heavy atom. The van der Waals surface area contributed by atoms with Crippen molar-refractivity contribution in [3.05, 3.63) is 24.3 Å². The maximum absolute atomic E-state index is 9.65. The molecule has 1 aromatic carbocycles. The van der Waals surface area contributed by atoms with Crippen LogP contribution in [-0.2, 0) is 23.6 Å². The molecular formula is C6H8O2P2S4. The summed E-state index contributed by atoms with van der Waals surface area (Å²) in [5, 5.41) is 0.860. The molecule has 0 spiro atoms. The fraction of sp³-hybridized carbons (Fsp3) is 0.